The van der Waals surface area contributed by atoms with Gasteiger partial charge in [-0.15, -0.1) is 0 Å². The molecule has 13 rings (SSSR count). The average Bonchev–Trinajstić information content (AvgIpc) is 1.75. The first-order valence-electron chi connectivity index (χ1n) is 40.4. The quantitative estimate of drug-likeness (QED) is 0.0165. The second-order valence-electron chi connectivity index (χ2n) is 33.5. The molecule has 0 spiro atoms. The molecule has 0 bridgehead atoms. The van der Waals surface area contributed by atoms with E-state index in [1.54, 1.807) is 99.2 Å². The van der Waals surface area contributed by atoms with Crippen molar-refractivity contribution in [2.75, 3.05) is 76.9 Å². The maximum Gasteiger partial charge on any atom is 0.410 e. The number of likely N-dealkylation sites (tertiary alicyclic amines) is 4. The number of carboxylic acids is 1. The molecule has 5 atom stereocenters. The zero-order valence-electron chi connectivity index (χ0n) is 70.3. The van der Waals surface area contributed by atoms with Gasteiger partial charge in [-0.2, -0.15) is 5.26 Å². The van der Waals surface area contributed by atoms with Crippen LogP contribution in [0.25, 0.3) is 0 Å². The summed E-state index contributed by atoms with van der Waals surface area (Å²) in [7, 11) is 0. The molecule has 5 aromatic carbocycles. The number of carbonyl (C=O) groups excluding carboxylic acids is 7. The number of amides is 3. The number of anilines is 2. The number of ether oxygens (including phenoxy) is 3. The normalized spacial score (nSPS) is 17.1. The van der Waals surface area contributed by atoms with Gasteiger partial charge in [-0.1, -0.05) is 25.6 Å². The number of carbonyl (C=O) groups is 8. The number of hydrogen-bond donors (Lipinski definition) is 5. The van der Waals surface area contributed by atoms with Crippen molar-refractivity contribution in [1.82, 2.24) is 54.8 Å². The number of ketones is 4. The first kappa shape index (κ1) is 97.9. The number of nitrogens with zero attached hydrogens (tertiary/aromatic N) is 11. The molecule has 123 heavy (non-hydrogen) atoms. The second kappa shape index (κ2) is 46.1. The van der Waals surface area contributed by atoms with E-state index in [4.69, 9.17) is 41.8 Å². The Morgan fingerprint density at radius 2 is 0.748 bits per heavy atom. The molecule has 5 aliphatic rings. The van der Waals surface area contributed by atoms with Gasteiger partial charge in [-0.25, -0.2) is 71.0 Å². The third-order valence-corrected chi connectivity index (χ3v) is 19.7. The average molecular weight is 1700 g/mol. The third-order valence-electron chi connectivity index (χ3n) is 19.7. The van der Waals surface area contributed by atoms with E-state index in [-0.39, 0.29) is 131 Å². The highest BCUT2D eigenvalue weighted by molar-refractivity contribution is 5.98. The standard InChI is InChI=1S/C22H26FN3O3.C18H17FN4O.C17H18FN3O.C17H23FN2O3.C9H18N2O2.C7H6FNO2.CH4/c1-22(2,3)29-21(28)26-10-7-16(14-26)12-19(27)17-6-5-15(11-18(17)23)13-20-24-8-4-9-25-20;19-16-8-13(10-18-21-5-1-6-22-18)2-3-15(16)17(24)9-14-4-7-23(11-14)12-20;18-15-8-12(10-17-20-5-1-6-21-17)2-3-14(15)16(22)9-13-4-7-19-11-13;1-17(2,3)23-16(22)20-7-6-11(10-20)8-15(21)13-5-4-12(19)9-14(13)18;1-9(2,3)13-8(12)11-5-4-7(10)6-11;8-6-3-4(9)1-2-5(6)7(10)11;/h4-6,8-9,11,16H,7,10,12-14H2,1-3H3;1-3,5-6,8,14H,4,7,9-11H2;1-3,5-6,8,13,19H,4,7,9-11H2;4-5,9,11H,6-8,10,19H2,1-3H3;7H,4-6,10H2,1-3H3;1-3H,9H2,(H,10,11);1H4/t16-;14-;13-;11-;7-;;/m00001../s1. The van der Waals surface area contributed by atoms with Gasteiger partial charge in [0.05, 0.1) is 27.8 Å². The lowest BCUT2D eigenvalue weighted by molar-refractivity contribution is 0.0277. The molecule has 0 radical (unpaired) electrons. The van der Waals surface area contributed by atoms with Crippen LogP contribution in [-0.4, -0.2) is 190 Å². The van der Waals surface area contributed by atoms with E-state index >= 15 is 0 Å². The molecule has 3 aromatic heterocycles. The van der Waals surface area contributed by atoms with E-state index in [1.807, 2.05) is 62.3 Å². The predicted octanol–water partition coefficient (Wildman–Crippen LogP) is 14.9. The van der Waals surface area contributed by atoms with E-state index in [2.05, 4.69) is 41.4 Å². The molecule has 32 heteroatoms. The highest BCUT2D eigenvalue weighted by Gasteiger charge is 2.35. The molecular weight excluding hydrogens is 1590 g/mol. The van der Waals surface area contributed by atoms with Crippen molar-refractivity contribution in [2.45, 2.75) is 170 Å². The number of hydrogen-bond acceptors (Lipinski definition) is 23. The van der Waals surface area contributed by atoms with Crippen molar-refractivity contribution >= 4 is 58.8 Å². The number of aromatic nitrogens is 6. The molecule has 27 nitrogen and oxygen atoms in total. The van der Waals surface area contributed by atoms with Crippen LogP contribution >= 0.6 is 0 Å². The number of halogens is 5. The number of Topliss-reactive ketones (excluding diaryl/α,β-unsaturated/α-hetero) is 4. The van der Waals surface area contributed by atoms with Gasteiger partial charge in [0.25, 0.3) is 0 Å². The zero-order chi connectivity index (χ0) is 89.0. The van der Waals surface area contributed by atoms with Crippen LogP contribution in [0.1, 0.15) is 213 Å². The summed E-state index contributed by atoms with van der Waals surface area (Å²) in [5.41, 5.74) is 17.6. The minimum absolute atomic E-state index is 0. The molecule has 8 aromatic rings. The summed E-state index contributed by atoms with van der Waals surface area (Å²) in [6.07, 6.45) is 17.4. The highest BCUT2D eigenvalue weighted by atomic mass is 19.1. The molecule has 0 aliphatic carbocycles. The number of nitriles is 1. The Morgan fingerprint density at radius 3 is 1.04 bits per heavy atom. The van der Waals surface area contributed by atoms with Gasteiger partial charge in [0.2, 0.25) is 0 Å². The molecule has 658 valence electrons. The first-order chi connectivity index (χ1) is 57.7. The van der Waals surface area contributed by atoms with Gasteiger partial charge in [0.15, 0.2) is 29.3 Å². The van der Waals surface area contributed by atoms with Crippen molar-refractivity contribution in [3.8, 4) is 6.19 Å². The van der Waals surface area contributed by atoms with Crippen molar-refractivity contribution < 1.29 is 79.6 Å². The van der Waals surface area contributed by atoms with Crippen LogP contribution in [-0.2, 0) is 33.5 Å². The Hall–Kier alpha value is -12.2. The van der Waals surface area contributed by atoms with Gasteiger partial charge < -0.3 is 61.4 Å². The Kier molecular flexibility index (Phi) is 36.7. The van der Waals surface area contributed by atoms with E-state index in [0.29, 0.717) is 113 Å². The van der Waals surface area contributed by atoms with Crippen molar-refractivity contribution in [1.29, 1.82) is 5.26 Å². The maximum atomic E-state index is 14.5. The van der Waals surface area contributed by atoms with Gasteiger partial charge in [0, 0.05) is 152 Å². The van der Waals surface area contributed by atoms with E-state index in [9.17, 15) is 60.3 Å². The summed E-state index contributed by atoms with van der Waals surface area (Å²) in [5, 5.41) is 20.4. The van der Waals surface area contributed by atoms with E-state index in [1.165, 1.54) is 48.5 Å². The minimum Gasteiger partial charge on any atom is -0.478 e. The number of nitrogen functional groups attached to an aromatic ring is 2. The van der Waals surface area contributed by atoms with E-state index < -0.39 is 51.9 Å². The van der Waals surface area contributed by atoms with Crippen molar-refractivity contribution in [2.24, 2.45) is 29.4 Å². The smallest absolute Gasteiger partial charge is 0.410 e. The highest BCUT2D eigenvalue weighted by Crippen LogP contribution is 2.30. The first-order valence-corrected chi connectivity index (χ1v) is 40.4. The lowest BCUT2D eigenvalue weighted by atomic mass is 9.96. The Labute approximate surface area is 714 Å². The molecule has 8 heterocycles. The van der Waals surface area contributed by atoms with Crippen LogP contribution < -0.4 is 22.5 Å². The lowest BCUT2D eigenvalue weighted by Gasteiger charge is -2.24. The fourth-order valence-electron chi connectivity index (χ4n) is 13.7. The zero-order valence-corrected chi connectivity index (χ0v) is 70.3. The molecule has 8 N–H and O–H groups in total. The van der Waals surface area contributed by atoms with Crippen LogP contribution in [0.15, 0.2) is 146 Å². The van der Waals surface area contributed by atoms with Crippen LogP contribution in [0.4, 0.5) is 47.7 Å². The fourth-order valence-corrected chi connectivity index (χ4v) is 13.7. The topological polar surface area (TPSA) is 389 Å². The van der Waals surface area contributed by atoms with Crippen LogP contribution in [0.2, 0.25) is 0 Å². The lowest BCUT2D eigenvalue weighted by Crippen LogP contribution is -2.36. The third kappa shape index (κ3) is 32.9. The fraction of sp³-hybridized carbons (Fsp3) is 0.440. The Bertz CT molecular complexity index is 4930. The second-order valence-corrected chi connectivity index (χ2v) is 33.5. The summed E-state index contributed by atoms with van der Waals surface area (Å²) in [6.45, 7) is 22.9. The molecule has 0 saturated carbocycles. The van der Waals surface area contributed by atoms with Crippen molar-refractivity contribution in [3.63, 3.8) is 0 Å². The van der Waals surface area contributed by atoms with Gasteiger partial charge >= 0.3 is 24.2 Å². The number of rotatable bonds is 19. The molecule has 3 amide bonds. The molecule has 5 aliphatic heterocycles. The van der Waals surface area contributed by atoms with Crippen LogP contribution in [0, 0.1) is 64.2 Å². The summed E-state index contributed by atoms with van der Waals surface area (Å²) in [5.74, 6) is -2.73. The number of carboxylic acid groups (broad SMARTS) is 1. The van der Waals surface area contributed by atoms with E-state index in [0.717, 1.165) is 68.2 Å². The van der Waals surface area contributed by atoms with Crippen LogP contribution in [0.5, 0.6) is 0 Å². The summed E-state index contributed by atoms with van der Waals surface area (Å²) >= 11 is 0. The number of aromatic carboxylic acids is 1. The minimum atomic E-state index is -1.29. The number of nitrogens with one attached hydrogen (secondary N) is 1. The summed E-state index contributed by atoms with van der Waals surface area (Å²) in [4.78, 5) is 126. The largest absolute Gasteiger partial charge is 0.478 e. The SMILES string of the molecule is C.CC(C)(C)OC(=O)N1CC[C@@H](CC(=O)c2ccc(Cc3ncccn3)cc2F)C1.CC(C)(C)OC(=O)N1CC[C@@H](CC(=O)c2ccc(N)cc2F)C1.CC(C)(C)OC(=O)N1CC[C@@H](N)C1.N#CN1CC[C@@H](CC(=O)c2ccc(Cc3ncccn3)cc2F)C1.Nc1ccc(C(=O)O)c(F)c1.O=C(C[C@@H]1CCNC1)c1ccc(Cc2ncccn2)cc1F. The molecule has 5 fully saturated rings. The van der Waals surface area contributed by atoms with Crippen molar-refractivity contribution in [3.05, 3.63) is 237 Å². The Morgan fingerprint density at radius 1 is 0.439 bits per heavy atom. The number of nitrogens with two attached hydrogens (primary N) is 3. The molecule has 5 saturated heterocycles. The molecular formula is C91H112F5N15O12. The van der Waals surface area contributed by atoms with Crippen LogP contribution in [0.3, 0.4) is 0 Å². The monoisotopic (exact) mass is 1700 g/mol. The maximum absolute atomic E-state index is 14.5. The Balaban J connectivity index is 0.000000207. The van der Waals surface area contributed by atoms with Gasteiger partial charge in [-0.3, -0.25) is 19.2 Å². The summed E-state index contributed by atoms with van der Waals surface area (Å²) in [6, 6.07) is 26.9. The number of benzene rings is 5. The predicted molar refractivity (Wildman–Crippen MR) is 453 cm³/mol. The van der Waals surface area contributed by atoms with Gasteiger partial charge in [-0.05, 0) is 239 Å². The molecule has 0 unspecified atom stereocenters. The summed E-state index contributed by atoms with van der Waals surface area (Å²) < 4.78 is 85.3. The van der Waals surface area contributed by atoms with Gasteiger partial charge in [0.1, 0.15) is 63.4 Å².